The molecule has 100 valence electrons. The van der Waals surface area contributed by atoms with E-state index in [0.717, 1.165) is 12.8 Å². The van der Waals surface area contributed by atoms with Gasteiger partial charge in [-0.1, -0.05) is 19.4 Å². The number of hydrogen-bond donors (Lipinski definition) is 1. The molecule has 0 saturated carbocycles. The predicted octanol–water partition coefficient (Wildman–Crippen LogP) is 2.38. The van der Waals surface area contributed by atoms with Crippen molar-refractivity contribution < 1.29 is 14.3 Å². The fraction of sp³-hybridized carbons (Fsp3) is 0.500. The molecule has 1 N–H and O–H groups in total. The Balaban J connectivity index is 2.47. The van der Waals surface area contributed by atoms with Crippen LogP contribution in [0.15, 0.2) is 24.3 Å². The normalized spacial score (nSPS) is 11.7. The minimum absolute atomic E-state index is 0.0914. The Hall–Kier alpha value is -1.71. The summed E-state index contributed by atoms with van der Waals surface area (Å²) in [6, 6.07) is 7.23. The largest absolute Gasteiger partial charge is 0.497 e. The lowest BCUT2D eigenvalue weighted by atomic mass is 10.3. The molecule has 4 nitrogen and oxygen atoms in total. The fourth-order valence-electron chi connectivity index (χ4n) is 1.46. The maximum Gasteiger partial charge on any atom is 0.260 e. The molecule has 0 aromatic heterocycles. The summed E-state index contributed by atoms with van der Waals surface area (Å²) < 4.78 is 10.7. The summed E-state index contributed by atoms with van der Waals surface area (Å²) in [6.45, 7) is 4.52. The van der Waals surface area contributed by atoms with Crippen LogP contribution in [0, 0.1) is 0 Å². The summed E-state index contributed by atoms with van der Waals surface area (Å²) in [5.41, 5.74) is 0. The molecule has 0 fully saturated rings. The van der Waals surface area contributed by atoms with Crippen LogP contribution in [0.25, 0.3) is 0 Å². The molecule has 1 amide bonds. The van der Waals surface area contributed by atoms with Gasteiger partial charge in [0.15, 0.2) is 6.10 Å². The molecule has 0 aliphatic carbocycles. The molecule has 0 unspecified atom stereocenters. The third-order valence-electron chi connectivity index (χ3n) is 2.55. The van der Waals surface area contributed by atoms with E-state index in [1.165, 1.54) is 0 Å². The second kappa shape index (κ2) is 7.58. The van der Waals surface area contributed by atoms with E-state index in [1.807, 2.05) is 12.1 Å². The minimum Gasteiger partial charge on any atom is -0.497 e. The number of benzene rings is 1. The van der Waals surface area contributed by atoms with Crippen LogP contribution in [-0.2, 0) is 4.79 Å². The third-order valence-corrected chi connectivity index (χ3v) is 2.55. The number of carbonyl (C=O) groups is 1. The number of unbranched alkanes of at least 4 members (excludes halogenated alkanes) is 1. The summed E-state index contributed by atoms with van der Waals surface area (Å²) in [4.78, 5) is 11.7. The summed E-state index contributed by atoms with van der Waals surface area (Å²) in [6.07, 6.45) is 1.54. The molecule has 0 bridgehead atoms. The number of rotatable bonds is 7. The Kier molecular flexibility index (Phi) is 6.05. The molecule has 0 aliphatic heterocycles. The van der Waals surface area contributed by atoms with E-state index in [2.05, 4.69) is 12.2 Å². The van der Waals surface area contributed by atoms with Crippen LogP contribution >= 0.6 is 0 Å². The zero-order valence-electron chi connectivity index (χ0n) is 11.2. The molecule has 0 heterocycles. The van der Waals surface area contributed by atoms with Crippen molar-refractivity contribution in [3.63, 3.8) is 0 Å². The Morgan fingerprint density at radius 3 is 2.78 bits per heavy atom. The SMILES string of the molecule is CCCCNC(=O)[C@H](C)Oc1cccc(OC)c1. The molecule has 0 radical (unpaired) electrons. The van der Waals surface area contributed by atoms with Crippen LogP contribution in [0.5, 0.6) is 11.5 Å². The monoisotopic (exact) mass is 251 g/mol. The Morgan fingerprint density at radius 2 is 2.11 bits per heavy atom. The second-order valence-electron chi connectivity index (χ2n) is 4.08. The van der Waals surface area contributed by atoms with Crippen LogP contribution in [0.3, 0.4) is 0 Å². The highest BCUT2D eigenvalue weighted by Crippen LogP contribution is 2.19. The topological polar surface area (TPSA) is 47.6 Å². The van der Waals surface area contributed by atoms with Crippen LogP contribution in [-0.4, -0.2) is 25.7 Å². The third kappa shape index (κ3) is 4.65. The number of amides is 1. The van der Waals surface area contributed by atoms with Gasteiger partial charge in [-0.05, 0) is 25.5 Å². The van der Waals surface area contributed by atoms with E-state index in [0.29, 0.717) is 18.0 Å². The van der Waals surface area contributed by atoms with Gasteiger partial charge in [-0.3, -0.25) is 4.79 Å². The average Bonchev–Trinajstić information content (AvgIpc) is 2.39. The lowest BCUT2D eigenvalue weighted by Crippen LogP contribution is -2.36. The number of methoxy groups -OCH3 is 1. The van der Waals surface area contributed by atoms with Crippen LogP contribution in [0.4, 0.5) is 0 Å². The zero-order valence-corrected chi connectivity index (χ0v) is 11.2. The van der Waals surface area contributed by atoms with Crippen molar-refractivity contribution in [3.05, 3.63) is 24.3 Å². The van der Waals surface area contributed by atoms with Gasteiger partial charge in [0.25, 0.3) is 5.91 Å². The Labute approximate surface area is 108 Å². The van der Waals surface area contributed by atoms with Crippen LogP contribution in [0.1, 0.15) is 26.7 Å². The van der Waals surface area contributed by atoms with E-state index in [9.17, 15) is 4.79 Å². The summed E-state index contributed by atoms with van der Waals surface area (Å²) in [5, 5.41) is 2.84. The fourth-order valence-corrected chi connectivity index (χ4v) is 1.46. The second-order valence-corrected chi connectivity index (χ2v) is 4.08. The lowest BCUT2D eigenvalue weighted by Gasteiger charge is -2.15. The van der Waals surface area contributed by atoms with Gasteiger partial charge in [-0.15, -0.1) is 0 Å². The van der Waals surface area contributed by atoms with E-state index in [4.69, 9.17) is 9.47 Å². The molecule has 0 saturated heterocycles. The van der Waals surface area contributed by atoms with Gasteiger partial charge in [0, 0.05) is 12.6 Å². The molecule has 0 spiro atoms. The highest BCUT2D eigenvalue weighted by Gasteiger charge is 2.13. The van der Waals surface area contributed by atoms with Crippen molar-refractivity contribution in [1.82, 2.24) is 5.32 Å². The highest BCUT2D eigenvalue weighted by atomic mass is 16.5. The van der Waals surface area contributed by atoms with Crippen LogP contribution < -0.4 is 14.8 Å². The lowest BCUT2D eigenvalue weighted by molar-refractivity contribution is -0.127. The van der Waals surface area contributed by atoms with Gasteiger partial charge in [0.1, 0.15) is 11.5 Å². The summed E-state index contributed by atoms with van der Waals surface area (Å²) in [5.74, 6) is 1.25. The van der Waals surface area contributed by atoms with Gasteiger partial charge >= 0.3 is 0 Å². The first-order valence-electron chi connectivity index (χ1n) is 6.25. The van der Waals surface area contributed by atoms with E-state index in [-0.39, 0.29) is 5.91 Å². The predicted molar refractivity (Wildman–Crippen MR) is 71.0 cm³/mol. The van der Waals surface area contributed by atoms with Crippen molar-refractivity contribution in [2.75, 3.05) is 13.7 Å². The number of ether oxygens (including phenoxy) is 2. The highest BCUT2D eigenvalue weighted by molar-refractivity contribution is 5.80. The van der Waals surface area contributed by atoms with Gasteiger partial charge in [0.2, 0.25) is 0 Å². The quantitative estimate of drug-likeness (QED) is 0.757. The van der Waals surface area contributed by atoms with Crippen molar-refractivity contribution >= 4 is 5.91 Å². The molecular formula is C14H21NO3. The zero-order chi connectivity index (χ0) is 13.4. The molecular weight excluding hydrogens is 230 g/mol. The van der Waals surface area contributed by atoms with Gasteiger partial charge in [-0.25, -0.2) is 0 Å². The number of hydrogen-bond acceptors (Lipinski definition) is 3. The Bertz CT molecular complexity index is 379. The number of carbonyl (C=O) groups excluding carboxylic acids is 1. The summed E-state index contributed by atoms with van der Waals surface area (Å²) >= 11 is 0. The van der Waals surface area contributed by atoms with E-state index >= 15 is 0 Å². The maximum absolute atomic E-state index is 11.7. The van der Waals surface area contributed by atoms with Crippen LogP contribution in [0.2, 0.25) is 0 Å². The van der Waals surface area contributed by atoms with Gasteiger partial charge in [0.05, 0.1) is 7.11 Å². The molecule has 1 rings (SSSR count). The minimum atomic E-state index is -0.506. The first-order chi connectivity index (χ1) is 8.67. The Morgan fingerprint density at radius 1 is 1.39 bits per heavy atom. The summed E-state index contributed by atoms with van der Waals surface area (Å²) in [7, 11) is 1.60. The average molecular weight is 251 g/mol. The molecule has 4 heteroatoms. The van der Waals surface area contributed by atoms with E-state index in [1.54, 1.807) is 26.2 Å². The van der Waals surface area contributed by atoms with Gasteiger partial charge in [-0.2, -0.15) is 0 Å². The first kappa shape index (κ1) is 14.4. The first-order valence-corrected chi connectivity index (χ1v) is 6.25. The van der Waals surface area contributed by atoms with Gasteiger partial charge < -0.3 is 14.8 Å². The molecule has 1 atom stereocenters. The molecule has 1 aromatic carbocycles. The molecule has 0 aliphatic rings. The van der Waals surface area contributed by atoms with Crippen molar-refractivity contribution in [1.29, 1.82) is 0 Å². The molecule has 18 heavy (non-hydrogen) atoms. The standard InChI is InChI=1S/C14H21NO3/c1-4-5-9-15-14(16)11(2)18-13-8-6-7-12(10-13)17-3/h6-8,10-11H,4-5,9H2,1-3H3,(H,15,16)/t11-/m0/s1. The molecule has 1 aromatic rings. The smallest absolute Gasteiger partial charge is 0.260 e. The number of nitrogens with one attached hydrogen (secondary N) is 1. The van der Waals surface area contributed by atoms with Crippen molar-refractivity contribution in [2.24, 2.45) is 0 Å². The van der Waals surface area contributed by atoms with Crippen molar-refractivity contribution in [3.8, 4) is 11.5 Å². The van der Waals surface area contributed by atoms with E-state index < -0.39 is 6.10 Å². The van der Waals surface area contributed by atoms with Crippen molar-refractivity contribution in [2.45, 2.75) is 32.8 Å². The maximum atomic E-state index is 11.7.